The Labute approximate surface area is 354 Å². The minimum absolute atomic E-state index is 0.221. The summed E-state index contributed by atoms with van der Waals surface area (Å²) in [4.78, 5) is 19.1. The Kier molecular flexibility index (Phi) is 11.3. The number of esters is 1. The van der Waals surface area contributed by atoms with Crippen molar-refractivity contribution in [3.63, 3.8) is 0 Å². The Bertz CT molecular complexity index is 2190. The maximum absolute atomic E-state index is 14.3. The van der Waals surface area contributed by atoms with E-state index in [9.17, 15) is 4.79 Å². The number of ether oxygens (including phenoxy) is 3. The van der Waals surface area contributed by atoms with Crippen LogP contribution in [0.1, 0.15) is 63.9 Å². The largest absolute Gasteiger partial charge is 0.497 e. The van der Waals surface area contributed by atoms with Crippen LogP contribution in [0.15, 0.2) is 118 Å². The highest BCUT2D eigenvalue weighted by atomic mass is 79.9. The quantitative estimate of drug-likeness (QED) is 0.0790. The Morgan fingerprint density at radius 2 is 0.964 bits per heavy atom. The predicted octanol–water partition coefficient (Wildman–Crippen LogP) is 12.4. The molecule has 2 saturated heterocycles. The molecule has 286 valence electrons. The highest BCUT2D eigenvalue weighted by Gasteiger charge is 2.48. The molecule has 10 heteroatoms. The lowest BCUT2D eigenvalue weighted by atomic mass is 9.83. The van der Waals surface area contributed by atoms with Crippen molar-refractivity contribution in [2.45, 2.75) is 31.3 Å². The molecule has 0 spiro atoms. The van der Waals surface area contributed by atoms with Gasteiger partial charge in [-0.1, -0.05) is 71.7 Å². The Morgan fingerprint density at radius 1 is 0.607 bits per heavy atom. The molecular weight excluding hydrogens is 875 g/mol. The lowest BCUT2D eigenvalue weighted by Crippen LogP contribution is -2.23. The Morgan fingerprint density at radius 3 is 1.34 bits per heavy atom. The molecule has 3 aliphatic rings. The van der Waals surface area contributed by atoms with E-state index in [1.165, 1.54) is 37.1 Å². The number of halogens is 4. The first-order valence-corrected chi connectivity index (χ1v) is 21.1. The summed E-state index contributed by atoms with van der Waals surface area (Å²) in [6.07, 6.45) is 8.82. The number of benzene rings is 5. The summed E-state index contributed by atoms with van der Waals surface area (Å²) in [5.74, 6) is 0.935. The Balaban J connectivity index is 1.41. The van der Waals surface area contributed by atoms with E-state index >= 15 is 0 Å². The molecule has 0 radical (unpaired) electrons. The van der Waals surface area contributed by atoms with Gasteiger partial charge in [0.05, 0.1) is 34.3 Å². The van der Waals surface area contributed by atoms with Crippen LogP contribution in [0.5, 0.6) is 11.5 Å². The van der Waals surface area contributed by atoms with Crippen LogP contribution in [0.2, 0.25) is 10.0 Å². The highest BCUT2D eigenvalue weighted by Crippen LogP contribution is 2.54. The van der Waals surface area contributed by atoms with Crippen molar-refractivity contribution in [3.8, 4) is 11.5 Å². The summed E-state index contributed by atoms with van der Waals surface area (Å²) >= 11 is 21.1. The van der Waals surface area contributed by atoms with Crippen LogP contribution >= 0.6 is 55.1 Å². The number of nitrogens with zero attached hydrogens (tertiary/aromatic N) is 2. The molecule has 0 amide bonds. The van der Waals surface area contributed by atoms with Crippen LogP contribution < -0.4 is 19.3 Å². The average Bonchev–Trinajstić information content (AvgIpc) is 4.03. The first-order chi connectivity index (χ1) is 27.2. The second-order valence-electron chi connectivity index (χ2n) is 14.2. The van der Waals surface area contributed by atoms with Crippen molar-refractivity contribution in [1.82, 2.24) is 0 Å². The number of hydrogen-bond acceptors (Lipinski definition) is 6. The molecule has 8 rings (SSSR count). The van der Waals surface area contributed by atoms with Gasteiger partial charge in [-0.05, 0) is 152 Å². The van der Waals surface area contributed by atoms with Gasteiger partial charge in [0.1, 0.15) is 11.5 Å². The number of carbonyl (C=O) groups is 1. The van der Waals surface area contributed by atoms with Gasteiger partial charge in [0.15, 0.2) is 5.60 Å². The van der Waals surface area contributed by atoms with Crippen LogP contribution in [0.25, 0.3) is 11.1 Å². The first kappa shape index (κ1) is 38.7. The summed E-state index contributed by atoms with van der Waals surface area (Å²) in [6, 6.07) is 33.1. The summed E-state index contributed by atoms with van der Waals surface area (Å²) in [6.45, 7) is 4.17. The molecule has 0 bridgehead atoms. The fraction of sp³-hybridized carbons (Fsp3) is 0.239. The molecule has 0 unspecified atom stereocenters. The minimum atomic E-state index is -1.48. The molecular formula is C46H40Br2Cl2N2O4. The van der Waals surface area contributed by atoms with Gasteiger partial charge in [0.2, 0.25) is 0 Å². The van der Waals surface area contributed by atoms with Crippen LogP contribution in [0.3, 0.4) is 0 Å². The fourth-order valence-corrected chi connectivity index (χ4v) is 9.85. The second-order valence-corrected chi connectivity index (χ2v) is 16.6. The zero-order valence-corrected chi connectivity index (χ0v) is 35.8. The molecule has 5 aromatic rings. The molecule has 0 N–H and O–H groups in total. The van der Waals surface area contributed by atoms with E-state index in [0.717, 1.165) is 71.1 Å². The fourth-order valence-electron chi connectivity index (χ4n) is 7.98. The monoisotopic (exact) mass is 912 g/mol. The van der Waals surface area contributed by atoms with E-state index in [1.807, 2.05) is 60.7 Å². The molecule has 5 aromatic carbocycles. The number of methoxy groups -OCH3 is 2. The normalized spacial score (nSPS) is 16.6. The van der Waals surface area contributed by atoms with Crippen LogP contribution in [0.4, 0.5) is 11.4 Å². The number of fused-ring (bicyclic) bond motifs is 1. The molecule has 3 aliphatic heterocycles. The minimum Gasteiger partial charge on any atom is -0.497 e. The van der Waals surface area contributed by atoms with E-state index in [-0.39, 0.29) is 10.0 Å². The molecule has 0 aromatic heterocycles. The molecule has 0 atom stereocenters. The number of anilines is 2. The van der Waals surface area contributed by atoms with E-state index in [0.29, 0.717) is 20.1 Å². The zero-order chi connectivity index (χ0) is 39.0. The zero-order valence-electron chi connectivity index (χ0n) is 31.1. The molecule has 6 nitrogen and oxygen atoms in total. The van der Waals surface area contributed by atoms with Crippen molar-refractivity contribution in [3.05, 3.63) is 162 Å². The van der Waals surface area contributed by atoms with Crippen LogP contribution in [-0.4, -0.2) is 46.4 Å². The van der Waals surface area contributed by atoms with E-state index in [1.54, 1.807) is 14.2 Å². The van der Waals surface area contributed by atoms with Gasteiger partial charge in [0.25, 0.3) is 0 Å². The van der Waals surface area contributed by atoms with Gasteiger partial charge in [-0.15, -0.1) is 0 Å². The summed E-state index contributed by atoms with van der Waals surface area (Å²) in [5.41, 5.74) is 7.15. The number of cyclic esters (lactones) is 1. The molecule has 0 saturated carbocycles. The summed E-state index contributed by atoms with van der Waals surface area (Å²) in [7, 11) is 3.31. The van der Waals surface area contributed by atoms with Crippen molar-refractivity contribution in [2.75, 3.05) is 50.2 Å². The molecule has 56 heavy (non-hydrogen) atoms. The van der Waals surface area contributed by atoms with Crippen molar-refractivity contribution in [2.24, 2.45) is 0 Å². The number of hydrogen-bond donors (Lipinski definition) is 0. The Hall–Kier alpha value is -4.21. The molecule has 2 fully saturated rings. The lowest BCUT2D eigenvalue weighted by molar-refractivity contribution is 0.0298. The lowest BCUT2D eigenvalue weighted by Gasteiger charge is -2.28. The van der Waals surface area contributed by atoms with Gasteiger partial charge >= 0.3 is 5.97 Å². The van der Waals surface area contributed by atoms with Gasteiger partial charge in [-0.25, -0.2) is 4.79 Å². The third-order valence-corrected chi connectivity index (χ3v) is 13.8. The smallest absolute Gasteiger partial charge is 0.341 e. The van der Waals surface area contributed by atoms with Crippen molar-refractivity contribution in [1.29, 1.82) is 0 Å². The molecule has 3 heterocycles. The van der Waals surface area contributed by atoms with E-state index in [4.69, 9.17) is 37.4 Å². The van der Waals surface area contributed by atoms with Gasteiger partial charge in [0, 0.05) is 47.6 Å². The predicted molar refractivity (Wildman–Crippen MR) is 235 cm³/mol. The first-order valence-electron chi connectivity index (χ1n) is 18.7. The maximum atomic E-state index is 14.3. The molecule has 0 aliphatic carbocycles. The second kappa shape index (κ2) is 16.3. The van der Waals surface area contributed by atoms with Crippen molar-refractivity contribution >= 4 is 83.6 Å². The standard InChI is InChI=1S/C46H40Br2Cl2N2O4/c1-54-35-19-11-31(12-20-35)37(29-7-15-33(16-8-29)51-23-3-4-24-51)27-46(40-39(45(53)56-46)41(47)43(49)44(50)42(40)48)28-38(32-13-21-36(55-2)22-14-32)30-9-17-34(18-10-30)52-25-5-6-26-52/h7-22,27-28H,3-6,23-26H2,1-2H3/b37-27-,38-28-. The van der Waals surface area contributed by atoms with E-state index in [2.05, 4.69) is 90.2 Å². The van der Waals surface area contributed by atoms with Crippen LogP contribution in [0, 0.1) is 0 Å². The van der Waals surface area contributed by atoms with Crippen molar-refractivity contribution < 1.29 is 19.0 Å². The maximum Gasteiger partial charge on any atom is 0.341 e. The third-order valence-electron chi connectivity index (χ3n) is 10.9. The third kappa shape index (κ3) is 7.37. The van der Waals surface area contributed by atoms with Gasteiger partial charge in [-0.2, -0.15) is 0 Å². The van der Waals surface area contributed by atoms with Crippen LogP contribution in [-0.2, 0) is 10.3 Å². The number of carbonyl (C=O) groups excluding carboxylic acids is 1. The highest BCUT2D eigenvalue weighted by molar-refractivity contribution is 9.11. The number of rotatable bonds is 10. The van der Waals surface area contributed by atoms with Gasteiger partial charge in [-0.3, -0.25) is 0 Å². The van der Waals surface area contributed by atoms with Gasteiger partial charge < -0.3 is 24.0 Å². The topological polar surface area (TPSA) is 51.2 Å². The summed E-state index contributed by atoms with van der Waals surface area (Å²) in [5, 5.41) is 0.488. The summed E-state index contributed by atoms with van der Waals surface area (Å²) < 4.78 is 18.6. The van der Waals surface area contributed by atoms with E-state index < -0.39 is 11.6 Å². The SMILES string of the molecule is COc1ccc(/C(=C\C2(/C=C(\c3ccc(OC)cc3)c3ccc(N4CCCC4)cc3)OC(=O)c3c(Br)c(Cl)c(Cl)c(Br)c32)c2ccc(N3CCCC3)cc2)cc1. The average molecular weight is 916 g/mol.